The average Bonchev–Trinajstić information content (AvgIpc) is 2.92. The van der Waals surface area contributed by atoms with Crippen molar-refractivity contribution in [1.82, 2.24) is 4.72 Å². The van der Waals surface area contributed by atoms with E-state index >= 15 is 0 Å². The Kier molecular flexibility index (Phi) is 9.33. The number of rotatable bonds is 12. The SMILES string of the molecule is COC(=O)C(CO)NS(=O)(=O)c1ccc(OC)cc1Cc1ccccc1NS(=O)(=O)c1ccc(OC)cc1. The zero-order chi connectivity index (χ0) is 27.9. The number of hydrogen-bond acceptors (Lipinski definition) is 9. The molecule has 3 aromatic rings. The van der Waals surface area contributed by atoms with Crippen molar-refractivity contribution < 1.29 is 40.9 Å². The Morgan fingerprint density at radius 1 is 0.842 bits per heavy atom. The smallest absolute Gasteiger partial charge is 0.326 e. The van der Waals surface area contributed by atoms with Crippen LogP contribution in [0, 0.1) is 0 Å². The minimum Gasteiger partial charge on any atom is -0.497 e. The largest absolute Gasteiger partial charge is 0.497 e. The number of para-hydroxylation sites is 1. The van der Waals surface area contributed by atoms with Gasteiger partial charge < -0.3 is 19.3 Å². The second-order valence-corrected chi connectivity index (χ2v) is 11.3. The number of anilines is 1. The number of esters is 1. The maximum absolute atomic E-state index is 13.2. The van der Waals surface area contributed by atoms with Crippen molar-refractivity contribution in [2.45, 2.75) is 22.3 Å². The quantitative estimate of drug-likeness (QED) is 0.280. The van der Waals surface area contributed by atoms with Crippen molar-refractivity contribution in [3.63, 3.8) is 0 Å². The Balaban J connectivity index is 1.99. The van der Waals surface area contributed by atoms with Crippen LogP contribution in [0.1, 0.15) is 11.1 Å². The third-order valence-electron chi connectivity index (χ3n) is 5.54. The van der Waals surface area contributed by atoms with E-state index in [2.05, 4.69) is 14.2 Å². The van der Waals surface area contributed by atoms with Crippen LogP contribution in [0.4, 0.5) is 5.69 Å². The molecule has 38 heavy (non-hydrogen) atoms. The van der Waals surface area contributed by atoms with E-state index in [9.17, 15) is 26.7 Å². The van der Waals surface area contributed by atoms with Crippen LogP contribution in [-0.2, 0) is 36.0 Å². The zero-order valence-electron chi connectivity index (χ0n) is 20.9. The van der Waals surface area contributed by atoms with E-state index in [4.69, 9.17) is 9.47 Å². The Bertz CT molecular complexity index is 1490. The summed E-state index contributed by atoms with van der Waals surface area (Å²) in [5, 5.41) is 9.47. The van der Waals surface area contributed by atoms with Crippen molar-refractivity contribution in [2.24, 2.45) is 0 Å². The minimum absolute atomic E-state index is 0.0137. The number of hydrogen-bond donors (Lipinski definition) is 3. The van der Waals surface area contributed by atoms with Crippen LogP contribution in [0.15, 0.2) is 76.5 Å². The van der Waals surface area contributed by atoms with E-state index < -0.39 is 38.7 Å². The molecular weight excluding hydrogens is 536 g/mol. The number of ether oxygens (including phenoxy) is 3. The van der Waals surface area contributed by atoms with Crippen molar-refractivity contribution in [3.8, 4) is 11.5 Å². The number of carbonyl (C=O) groups is 1. The van der Waals surface area contributed by atoms with Gasteiger partial charge in [-0.15, -0.1) is 0 Å². The van der Waals surface area contributed by atoms with E-state index in [0.29, 0.717) is 17.1 Å². The van der Waals surface area contributed by atoms with E-state index in [0.717, 1.165) is 7.11 Å². The highest BCUT2D eigenvalue weighted by molar-refractivity contribution is 7.92. The summed E-state index contributed by atoms with van der Waals surface area (Å²) < 4.78 is 72.0. The van der Waals surface area contributed by atoms with Crippen LogP contribution < -0.4 is 18.9 Å². The van der Waals surface area contributed by atoms with Gasteiger partial charge in [-0.2, -0.15) is 4.72 Å². The van der Waals surface area contributed by atoms with Crippen LogP contribution in [0.3, 0.4) is 0 Å². The predicted octanol–water partition coefficient (Wildman–Crippen LogP) is 1.91. The maximum Gasteiger partial charge on any atom is 0.326 e. The lowest BCUT2D eigenvalue weighted by Gasteiger charge is -2.18. The van der Waals surface area contributed by atoms with Gasteiger partial charge in [0, 0.05) is 6.42 Å². The molecular formula is C25H28N2O9S2. The molecule has 1 unspecified atom stereocenters. The van der Waals surface area contributed by atoms with Gasteiger partial charge in [-0.1, -0.05) is 18.2 Å². The first kappa shape index (κ1) is 28.9. The van der Waals surface area contributed by atoms with Crippen molar-refractivity contribution in [3.05, 3.63) is 77.9 Å². The second-order valence-electron chi connectivity index (χ2n) is 7.97. The number of aliphatic hydroxyl groups is 1. The van der Waals surface area contributed by atoms with Gasteiger partial charge in [-0.05, 0) is 59.7 Å². The van der Waals surface area contributed by atoms with E-state index in [1.165, 1.54) is 56.7 Å². The highest BCUT2D eigenvalue weighted by atomic mass is 32.2. The Hall–Kier alpha value is -3.65. The summed E-state index contributed by atoms with van der Waals surface area (Å²) in [6.07, 6.45) is -0.0171. The lowest BCUT2D eigenvalue weighted by Crippen LogP contribution is -2.44. The fourth-order valence-electron chi connectivity index (χ4n) is 3.57. The molecule has 0 spiro atoms. The molecule has 0 radical (unpaired) electrons. The molecule has 0 saturated heterocycles. The molecule has 0 saturated carbocycles. The Labute approximate surface area is 221 Å². The Morgan fingerprint density at radius 3 is 2.08 bits per heavy atom. The molecule has 0 aromatic heterocycles. The summed E-state index contributed by atoms with van der Waals surface area (Å²) >= 11 is 0. The lowest BCUT2D eigenvalue weighted by atomic mass is 10.0. The summed E-state index contributed by atoms with van der Waals surface area (Å²) in [6.45, 7) is -0.812. The topological polar surface area (TPSA) is 157 Å². The van der Waals surface area contributed by atoms with E-state index in [1.807, 2.05) is 0 Å². The highest BCUT2D eigenvalue weighted by Crippen LogP contribution is 2.29. The number of nitrogens with one attached hydrogen (secondary N) is 2. The molecule has 3 rings (SSSR count). The summed E-state index contributed by atoms with van der Waals surface area (Å²) in [7, 11) is -4.33. The average molecular weight is 565 g/mol. The first-order valence-electron chi connectivity index (χ1n) is 11.2. The molecule has 0 fully saturated rings. The first-order valence-corrected chi connectivity index (χ1v) is 14.1. The normalized spacial score (nSPS) is 12.4. The standard InChI is InChI=1S/C25H28N2O9S2/c1-34-19-8-11-21(12-9-19)37(30,31)26-22-7-5-4-6-17(22)14-18-15-20(35-2)10-13-24(18)38(32,33)27-23(16-28)25(29)36-3/h4-13,15,23,26-28H,14,16H2,1-3H3. The third kappa shape index (κ3) is 6.81. The van der Waals surface area contributed by atoms with Gasteiger partial charge in [-0.25, -0.2) is 16.8 Å². The third-order valence-corrected chi connectivity index (χ3v) is 8.49. The van der Waals surface area contributed by atoms with E-state index in [1.54, 1.807) is 24.3 Å². The Morgan fingerprint density at radius 2 is 1.47 bits per heavy atom. The molecule has 0 amide bonds. The number of sulfonamides is 2. The number of methoxy groups -OCH3 is 3. The van der Waals surface area contributed by atoms with Gasteiger partial charge >= 0.3 is 5.97 Å². The molecule has 3 N–H and O–H groups in total. The van der Waals surface area contributed by atoms with Crippen LogP contribution in [0.5, 0.6) is 11.5 Å². The van der Waals surface area contributed by atoms with Crippen molar-refractivity contribution in [1.29, 1.82) is 0 Å². The van der Waals surface area contributed by atoms with Gasteiger partial charge in [-0.3, -0.25) is 9.52 Å². The predicted molar refractivity (Wildman–Crippen MR) is 139 cm³/mol. The number of carbonyl (C=O) groups excluding carboxylic acids is 1. The first-order chi connectivity index (χ1) is 18.0. The van der Waals surface area contributed by atoms with Gasteiger partial charge in [0.15, 0.2) is 0 Å². The summed E-state index contributed by atoms with van der Waals surface area (Å²) in [5.41, 5.74) is 0.973. The summed E-state index contributed by atoms with van der Waals surface area (Å²) in [5.74, 6) is -0.0910. The molecule has 0 heterocycles. The van der Waals surface area contributed by atoms with Crippen LogP contribution >= 0.6 is 0 Å². The van der Waals surface area contributed by atoms with Crippen molar-refractivity contribution >= 4 is 31.7 Å². The molecule has 0 bridgehead atoms. The molecule has 0 aliphatic heterocycles. The number of benzene rings is 3. The van der Waals surface area contributed by atoms with Crippen LogP contribution in [0.25, 0.3) is 0 Å². The molecule has 0 aliphatic carbocycles. The van der Waals surface area contributed by atoms with Crippen LogP contribution in [-0.4, -0.2) is 61.9 Å². The zero-order valence-corrected chi connectivity index (χ0v) is 22.5. The van der Waals surface area contributed by atoms with Crippen molar-refractivity contribution in [2.75, 3.05) is 32.7 Å². The van der Waals surface area contributed by atoms with Gasteiger partial charge in [0.2, 0.25) is 10.0 Å². The lowest BCUT2D eigenvalue weighted by molar-refractivity contribution is -0.143. The molecule has 11 nitrogen and oxygen atoms in total. The summed E-state index contributed by atoms with van der Waals surface area (Å²) in [4.78, 5) is 11.7. The summed E-state index contributed by atoms with van der Waals surface area (Å²) in [6, 6.07) is 15.1. The number of aliphatic hydroxyl groups excluding tert-OH is 1. The second kappa shape index (κ2) is 12.3. The molecule has 13 heteroatoms. The molecule has 3 aromatic carbocycles. The molecule has 204 valence electrons. The van der Waals surface area contributed by atoms with Gasteiger partial charge in [0.25, 0.3) is 10.0 Å². The van der Waals surface area contributed by atoms with Gasteiger partial charge in [0.1, 0.15) is 17.5 Å². The van der Waals surface area contributed by atoms with Crippen LogP contribution in [0.2, 0.25) is 0 Å². The maximum atomic E-state index is 13.2. The minimum atomic E-state index is -4.32. The highest BCUT2D eigenvalue weighted by Gasteiger charge is 2.28. The van der Waals surface area contributed by atoms with E-state index in [-0.39, 0.29) is 27.5 Å². The molecule has 0 aliphatic rings. The fourth-order valence-corrected chi connectivity index (χ4v) is 6.07. The monoisotopic (exact) mass is 564 g/mol. The van der Waals surface area contributed by atoms with Gasteiger partial charge in [0.05, 0.1) is 43.4 Å². The molecule has 1 atom stereocenters. The fraction of sp³-hybridized carbons (Fsp3) is 0.240.